The van der Waals surface area contributed by atoms with E-state index in [4.69, 9.17) is 9.47 Å². The molecule has 10 rings (SSSR count). The van der Waals surface area contributed by atoms with Crippen LogP contribution in [-0.4, -0.2) is 125 Å². The summed E-state index contributed by atoms with van der Waals surface area (Å²) in [6.45, 7) is 6.10. The van der Waals surface area contributed by atoms with Crippen molar-refractivity contribution in [3.63, 3.8) is 0 Å². The lowest BCUT2D eigenvalue weighted by Crippen LogP contribution is -2.53. The van der Waals surface area contributed by atoms with Gasteiger partial charge >= 0.3 is 12.4 Å². The molecule has 20 heteroatoms. The highest BCUT2D eigenvalue weighted by atomic mass is 19.4. The second kappa shape index (κ2) is 22.0. The SMILES string of the molecule is C.CCCCN1CC(Oc2cc(F)c([C@@H]3c4[nH]c5ccc(F)cc5c4C[C@@H](C)N3CC(F)(F)F)c(F)c2)C1.C[C@@H]1Cc2c([nH]c3ccccc23)[C@@H](c2c(F)cc(OC3CN(CCCF)C3)cc2F)N1CC(F)(F)F. The normalized spacial score (nSPS) is 21.1. The average Bonchev–Trinajstić information content (AvgIpc) is 3.83. The van der Waals surface area contributed by atoms with Crippen molar-refractivity contribution < 1.29 is 62.2 Å². The van der Waals surface area contributed by atoms with Crippen LogP contribution in [0, 0.1) is 29.1 Å². The number of aromatic nitrogens is 2. The number of aromatic amines is 2. The molecular weight excluding hydrogens is 993 g/mol. The number of halogens is 12. The first-order valence-electron chi connectivity index (χ1n) is 24.5. The van der Waals surface area contributed by atoms with Crippen LogP contribution in [-0.2, 0) is 12.8 Å². The Morgan fingerprint density at radius 1 is 0.581 bits per heavy atom. The number of ether oxygens (including phenoxy) is 2. The minimum atomic E-state index is -4.59. The lowest BCUT2D eigenvalue weighted by Gasteiger charge is -2.41. The van der Waals surface area contributed by atoms with Crippen molar-refractivity contribution >= 4 is 21.8 Å². The fourth-order valence-corrected chi connectivity index (χ4v) is 11.0. The molecule has 2 N–H and O–H groups in total. The third-order valence-electron chi connectivity index (χ3n) is 14.4. The minimum Gasteiger partial charge on any atom is -0.488 e. The van der Waals surface area contributed by atoms with E-state index < -0.39 is 96.5 Å². The van der Waals surface area contributed by atoms with E-state index in [1.807, 2.05) is 17.0 Å². The molecule has 2 aromatic heterocycles. The van der Waals surface area contributed by atoms with Gasteiger partial charge in [0, 0.05) is 113 Å². The number of nitrogens with one attached hydrogen (secondary N) is 2. The van der Waals surface area contributed by atoms with Crippen molar-refractivity contribution in [2.45, 2.75) is 109 Å². The van der Waals surface area contributed by atoms with E-state index in [2.05, 4.69) is 21.8 Å². The van der Waals surface area contributed by atoms with Gasteiger partial charge < -0.3 is 19.4 Å². The second-order valence-corrected chi connectivity index (χ2v) is 19.8. The summed E-state index contributed by atoms with van der Waals surface area (Å²) < 4.78 is 181. The highest BCUT2D eigenvalue weighted by Crippen LogP contribution is 2.46. The van der Waals surface area contributed by atoms with Crippen molar-refractivity contribution in [2.24, 2.45) is 0 Å². The quantitative estimate of drug-likeness (QED) is 0.106. The zero-order valence-corrected chi connectivity index (χ0v) is 40.4. The average molecular weight is 1050 g/mol. The molecule has 0 amide bonds. The molecule has 4 atom stereocenters. The Morgan fingerprint density at radius 3 is 1.46 bits per heavy atom. The molecule has 74 heavy (non-hydrogen) atoms. The summed E-state index contributed by atoms with van der Waals surface area (Å²) in [6, 6.07) is 11.4. The molecule has 0 aliphatic carbocycles. The Hall–Kier alpha value is -5.44. The Balaban J connectivity index is 0.000000194. The summed E-state index contributed by atoms with van der Waals surface area (Å²) in [5.41, 5.74) is 2.20. The lowest BCUT2D eigenvalue weighted by atomic mass is 9.88. The van der Waals surface area contributed by atoms with Crippen molar-refractivity contribution in [1.82, 2.24) is 29.6 Å². The van der Waals surface area contributed by atoms with Gasteiger partial charge in [-0.05, 0) is 81.5 Å². The first kappa shape index (κ1) is 54.8. The number of H-pyrrole nitrogens is 2. The van der Waals surface area contributed by atoms with Crippen LogP contribution < -0.4 is 9.47 Å². The van der Waals surface area contributed by atoms with Gasteiger partial charge in [0.1, 0.15) is 52.8 Å². The number of hydrogen-bond donors (Lipinski definition) is 2. The highest BCUT2D eigenvalue weighted by molar-refractivity contribution is 5.86. The van der Waals surface area contributed by atoms with E-state index >= 15 is 17.6 Å². The van der Waals surface area contributed by atoms with Crippen molar-refractivity contribution in [1.29, 1.82) is 0 Å². The van der Waals surface area contributed by atoms with E-state index in [0.29, 0.717) is 73.2 Å². The number of alkyl halides is 7. The van der Waals surface area contributed by atoms with Crippen LogP contribution in [0.2, 0.25) is 0 Å². The molecule has 8 nitrogen and oxygen atoms in total. The smallest absolute Gasteiger partial charge is 0.401 e. The van der Waals surface area contributed by atoms with Crippen LogP contribution in [0.1, 0.15) is 93.2 Å². The third kappa shape index (κ3) is 11.7. The van der Waals surface area contributed by atoms with Crippen molar-refractivity contribution in [2.75, 3.05) is 59.0 Å². The van der Waals surface area contributed by atoms with Crippen molar-refractivity contribution in [3.05, 3.63) is 129 Å². The predicted molar refractivity (Wildman–Crippen MR) is 259 cm³/mol. The molecule has 402 valence electrons. The molecule has 0 spiro atoms. The Morgan fingerprint density at radius 2 is 1.01 bits per heavy atom. The molecule has 0 bridgehead atoms. The fourth-order valence-electron chi connectivity index (χ4n) is 11.0. The van der Waals surface area contributed by atoms with E-state index in [9.17, 15) is 35.1 Å². The number of likely N-dealkylation sites (tertiary alicyclic amines) is 2. The number of fused-ring (bicyclic) bond motifs is 6. The molecular formula is C54H60F12N6O2. The van der Waals surface area contributed by atoms with Gasteiger partial charge in [0.15, 0.2) is 0 Å². The summed E-state index contributed by atoms with van der Waals surface area (Å²) >= 11 is 0. The Bertz CT molecular complexity index is 2860. The number of unbranched alkanes of at least 4 members (excludes halogenated alkanes) is 1. The molecule has 4 aliphatic heterocycles. The lowest BCUT2D eigenvalue weighted by molar-refractivity contribution is -0.156. The predicted octanol–water partition coefficient (Wildman–Crippen LogP) is 12.7. The zero-order chi connectivity index (χ0) is 52.1. The number of para-hydroxylation sites is 1. The van der Waals surface area contributed by atoms with Crippen LogP contribution in [0.3, 0.4) is 0 Å². The standard InChI is InChI=1S/C27H29F6N3O.C26H27F6N3O.CH4/c1-3-4-7-35-12-18(13-35)37-17-10-21(29)24(22(30)11-17)26-25-20(8-15(2)36(26)14-27(31,32)33)19-9-16(28)5-6-23(19)34-25;1-15-9-19-18-5-2-3-6-22(18)33-24(19)25(35(15)14-26(30,31)32)23-20(28)10-16(11-21(23)29)36-17-12-34(13-17)8-4-7-27;/h5-6,9-11,15,18,26,34H,3-4,7-8,12-14H2,1-2H3;2-3,5-6,10-11,15,17,25,33H,4,7-9,12-14H2,1H3;1H4/t15-,26-;15-,25-;/m11./s1. The molecule has 4 aromatic carbocycles. The summed E-state index contributed by atoms with van der Waals surface area (Å²) in [5.74, 6) is -4.42. The van der Waals surface area contributed by atoms with Gasteiger partial charge in [-0.25, -0.2) is 22.0 Å². The number of rotatable bonds is 14. The minimum absolute atomic E-state index is 0. The van der Waals surface area contributed by atoms with Crippen LogP contribution in [0.15, 0.2) is 66.7 Å². The second-order valence-electron chi connectivity index (χ2n) is 19.8. The molecule has 4 aliphatic rings. The van der Waals surface area contributed by atoms with E-state index in [1.54, 1.807) is 26.0 Å². The van der Waals surface area contributed by atoms with Crippen LogP contribution in [0.5, 0.6) is 11.5 Å². The van der Waals surface area contributed by atoms with Gasteiger partial charge in [0.05, 0.1) is 31.8 Å². The summed E-state index contributed by atoms with van der Waals surface area (Å²) in [6.07, 6.45) is -6.60. The maximum Gasteiger partial charge on any atom is 0.401 e. The van der Waals surface area contributed by atoms with Gasteiger partial charge in [-0.15, -0.1) is 0 Å². The highest BCUT2D eigenvalue weighted by Gasteiger charge is 2.46. The van der Waals surface area contributed by atoms with Crippen LogP contribution >= 0.6 is 0 Å². The Labute approximate surface area is 421 Å². The number of nitrogens with zero attached hydrogens (tertiary/aromatic N) is 4. The van der Waals surface area contributed by atoms with E-state index in [1.165, 1.54) is 18.2 Å². The van der Waals surface area contributed by atoms with Crippen LogP contribution in [0.4, 0.5) is 52.7 Å². The number of hydrogen-bond acceptors (Lipinski definition) is 6. The van der Waals surface area contributed by atoms with E-state index in [0.717, 1.165) is 64.4 Å². The van der Waals surface area contributed by atoms with Gasteiger partial charge in [-0.2, -0.15) is 26.3 Å². The molecule has 2 saturated heterocycles. The molecule has 2 fully saturated rings. The first-order valence-corrected chi connectivity index (χ1v) is 24.5. The molecule has 0 radical (unpaired) electrons. The van der Waals surface area contributed by atoms with E-state index in [-0.39, 0.29) is 43.2 Å². The van der Waals surface area contributed by atoms with Crippen molar-refractivity contribution in [3.8, 4) is 11.5 Å². The molecule has 6 heterocycles. The summed E-state index contributed by atoms with van der Waals surface area (Å²) in [5, 5.41) is 1.33. The summed E-state index contributed by atoms with van der Waals surface area (Å²) in [4.78, 5) is 12.5. The maximum absolute atomic E-state index is 15.5. The van der Waals surface area contributed by atoms with Gasteiger partial charge in [0.2, 0.25) is 0 Å². The van der Waals surface area contributed by atoms with Crippen LogP contribution in [0.25, 0.3) is 21.8 Å². The maximum atomic E-state index is 15.5. The Kier molecular flexibility index (Phi) is 16.3. The molecule has 0 unspecified atom stereocenters. The topological polar surface area (TPSA) is 63.0 Å². The largest absolute Gasteiger partial charge is 0.488 e. The summed E-state index contributed by atoms with van der Waals surface area (Å²) in [7, 11) is 0. The molecule has 6 aromatic rings. The first-order chi connectivity index (χ1) is 34.7. The monoisotopic (exact) mass is 1050 g/mol. The number of benzene rings is 4. The zero-order valence-electron chi connectivity index (χ0n) is 40.4. The fraction of sp³-hybridized carbons (Fsp3) is 0.481. The van der Waals surface area contributed by atoms with Gasteiger partial charge in [0.25, 0.3) is 0 Å². The third-order valence-corrected chi connectivity index (χ3v) is 14.4. The van der Waals surface area contributed by atoms with Gasteiger partial charge in [-0.3, -0.25) is 24.0 Å². The molecule has 0 saturated carbocycles. The van der Waals surface area contributed by atoms with Gasteiger partial charge in [-0.1, -0.05) is 39.0 Å².